The van der Waals surface area contributed by atoms with E-state index >= 15 is 0 Å². The van der Waals surface area contributed by atoms with Gasteiger partial charge in [0.1, 0.15) is 12.1 Å². The van der Waals surface area contributed by atoms with Gasteiger partial charge in [-0.1, -0.05) is 0 Å². The molecule has 0 aliphatic carbocycles. The predicted octanol–water partition coefficient (Wildman–Crippen LogP) is 0.590. The molecule has 0 aliphatic heterocycles. The van der Waals surface area contributed by atoms with Gasteiger partial charge in [-0.3, -0.25) is 0 Å². The third-order valence-corrected chi connectivity index (χ3v) is 2.99. The summed E-state index contributed by atoms with van der Waals surface area (Å²) in [7, 11) is -3.09. The predicted molar refractivity (Wildman–Crippen MR) is 65.7 cm³/mol. The zero-order valence-corrected chi connectivity index (χ0v) is 11.2. The van der Waals surface area contributed by atoms with Gasteiger partial charge in [0.05, 0.1) is 10.7 Å². The Labute approximate surface area is 103 Å². The van der Waals surface area contributed by atoms with Crippen LogP contribution in [0.15, 0.2) is 17.0 Å². The lowest BCUT2D eigenvalue weighted by Gasteiger charge is -2.06. The summed E-state index contributed by atoms with van der Waals surface area (Å²) in [6.45, 7) is 1.05. The topological polar surface area (TPSA) is 84.0 Å². The average molecular weight is 309 g/mol. The van der Waals surface area contributed by atoms with Gasteiger partial charge in [-0.25, -0.2) is 23.1 Å². The summed E-state index contributed by atoms with van der Waals surface area (Å²) < 4.78 is 24.7. The lowest BCUT2D eigenvalue weighted by molar-refractivity contribution is 0.586. The molecule has 0 atom stereocenters. The van der Waals surface area contributed by atoms with Gasteiger partial charge >= 0.3 is 0 Å². The Morgan fingerprint density at radius 1 is 1.44 bits per heavy atom. The maximum absolute atomic E-state index is 10.8. The first-order valence-electron chi connectivity index (χ1n) is 4.63. The van der Waals surface area contributed by atoms with Gasteiger partial charge in [-0.15, -0.1) is 0 Å². The van der Waals surface area contributed by atoms with E-state index in [0.29, 0.717) is 25.3 Å². The van der Waals surface area contributed by atoms with Gasteiger partial charge in [-0.05, 0) is 22.4 Å². The monoisotopic (exact) mass is 308 g/mol. The fourth-order valence-corrected chi connectivity index (χ4v) is 1.87. The Morgan fingerprint density at radius 2 is 2.19 bits per heavy atom. The zero-order valence-electron chi connectivity index (χ0n) is 8.77. The van der Waals surface area contributed by atoms with Crippen molar-refractivity contribution in [2.75, 3.05) is 24.7 Å². The van der Waals surface area contributed by atoms with E-state index in [4.69, 9.17) is 0 Å². The van der Waals surface area contributed by atoms with Crippen molar-refractivity contribution >= 4 is 31.8 Å². The Kier molecular flexibility index (Phi) is 5.10. The first-order chi connectivity index (χ1) is 7.49. The number of aromatic nitrogens is 2. The quantitative estimate of drug-likeness (QED) is 0.752. The Hall–Kier alpha value is -0.730. The molecule has 0 amide bonds. The van der Waals surface area contributed by atoms with Crippen molar-refractivity contribution in [1.82, 2.24) is 14.7 Å². The molecule has 16 heavy (non-hydrogen) atoms. The van der Waals surface area contributed by atoms with Crippen LogP contribution in [0.25, 0.3) is 0 Å². The van der Waals surface area contributed by atoms with Crippen LogP contribution in [0.2, 0.25) is 0 Å². The van der Waals surface area contributed by atoms with Crippen LogP contribution in [0, 0.1) is 0 Å². The van der Waals surface area contributed by atoms with Crippen molar-refractivity contribution in [3.8, 4) is 0 Å². The van der Waals surface area contributed by atoms with Crippen LogP contribution in [0.5, 0.6) is 0 Å². The molecule has 0 fully saturated rings. The van der Waals surface area contributed by atoms with E-state index in [-0.39, 0.29) is 0 Å². The number of sulfonamides is 1. The third kappa shape index (κ3) is 5.38. The molecule has 0 radical (unpaired) electrons. The first kappa shape index (κ1) is 13.3. The van der Waals surface area contributed by atoms with E-state index in [1.54, 1.807) is 6.20 Å². The van der Waals surface area contributed by atoms with Crippen LogP contribution in [0.1, 0.15) is 6.42 Å². The average Bonchev–Trinajstić information content (AvgIpc) is 2.18. The molecular weight excluding hydrogens is 296 g/mol. The minimum absolute atomic E-state index is 0.411. The first-order valence-corrected chi connectivity index (χ1v) is 7.31. The van der Waals surface area contributed by atoms with Gasteiger partial charge in [0, 0.05) is 19.3 Å². The smallest absolute Gasteiger partial charge is 0.208 e. The SMILES string of the molecule is CS(=O)(=O)NCCCNc1ncncc1Br. The van der Waals surface area contributed by atoms with Crippen molar-refractivity contribution < 1.29 is 8.42 Å². The second-order valence-electron chi connectivity index (χ2n) is 3.17. The molecular formula is C8H13BrN4O2S. The highest BCUT2D eigenvalue weighted by atomic mass is 79.9. The van der Waals surface area contributed by atoms with Crippen LogP contribution in [0.3, 0.4) is 0 Å². The van der Waals surface area contributed by atoms with Gasteiger partial charge in [0.25, 0.3) is 0 Å². The maximum atomic E-state index is 10.8. The highest BCUT2D eigenvalue weighted by Crippen LogP contribution is 2.16. The summed E-state index contributed by atoms with van der Waals surface area (Å²) in [5.41, 5.74) is 0. The van der Waals surface area contributed by atoms with Gasteiger partial charge in [-0.2, -0.15) is 0 Å². The molecule has 0 spiro atoms. The van der Waals surface area contributed by atoms with Gasteiger partial charge < -0.3 is 5.32 Å². The minimum atomic E-state index is -3.09. The van der Waals surface area contributed by atoms with Crippen molar-refractivity contribution in [3.05, 3.63) is 17.0 Å². The molecule has 6 nitrogen and oxygen atoms in total. The van der Waals surface area contributed by atoms with Crippen molar-refractivity contribution in [1.29, 1.82) is 0 Å². The molecule has 0 saturated heterocycles. The largest absolute Gasteiger partial charge is 0.369 e. The molecule has 1 aromatic heterocycles. The van der Waals surface area contributed by atoms with E-state index < -0.39 is 10.0 Å². The van der Waals surface area contributed by atoms with Crippen LogP contribution in [-0.4, -0.2) is 37.7 Å². The highest BCUT2D eigenvalue weighted by molar-refractivity contribution is 9.10. The molecule has 0 aromatic carbocycles. The number of nitrogens with zero attached hydrogens (tertiary/aromatic N) is 2. The molecule has 2 N–H and O–H groups in total. The summed E-state index contributed by atoms with van der Waals surface area (Å²) in [5, 5.41) is 3.07. The van der Waals surface area contributed by atoms with Crippen molar-refractivity contribution in [2.45, 2.75) is 6.42 Å². The molecule has 0 saturated carbocycles. The molecule has 1 heterocycles. The van der Waals surface area contributed by atoms with Crippen LogP contribution < -0.4 is 10.0 Å². The number of anilines is 1. The molecule has 1 rings (SSSR count). The second-order valence-corrected chi connectivity index (χ2v) is 5.85. The van der Waals surface area contributed by atoms with Gasteiger partial charge in [0.15, 0.2) is 0 Å². The van der Waals surface area contributed by atoms with E-state index in [0.717, 1.165) is 10.7 Å². The van der Waals surface area contributed by atoms with Crippen LogP contribution in [-0.2, 0) is 10.0 Å². The lowest BCUT2D eigenvalue weighted by atomic mass is 10.4. The molecule has 90 valence electrons. The van der Waals surface area contributed by atoms with Crippen LogP contribution in [0.4, 0.5) is 5.82 Å². The third-order valence-electron chi connectivity index (χ3n) is 1.68. The summed E-state index contributed by atoms with van der Waals surface area (Å²) >= 11 is 3.30. The normalized spacial score (nSPS) is 11.4. The van der Waals surface area contributed by atoms with Crippen molar-refractivity contribution in [3.63, 3.8) is 0 Å². The Balaban J connectivity index is 2.24. The van der Waals surface area contributed by atoms with Gasteiger partial charge in [0.2, 0.25) is 10.0 Å². The number of rotatable bonds is 6. The summed E-state index contributed by atoms with van der Waals surface area (Å²) in [6.07, 6.45) is 4.91. The Bertz CT molecular complexity index is 437. The molecule has 1 aromatic rings. The second kappa shape index (κ2) is 6.12. The fourth-order valence-electron chi connectivity index (χ4n) is 0.995. The maximum Gasteiger partial charge on any atom is 0.208 e. The fraction of sp³-hybridized carbons (Fsp3) is 0.500. The summed E-state index contributed by atoms with van der Waals surface area (Å²) in [4.78, 5) is 7.85. The molecule has 0 bridgehead atoms. The van der Waals surface area contributed by atoms with E-state index in [2.05, 4.69) is 35.9 Å². The van der Waals surface area contributed by atoms with E-state index in [9.17, 15) is 8.42 Å². The standard InChI is InChI=1S/C8H13BrN4O2S/c1-16(14,15)13-4-2-3-11-8-7(9)5-10-6-12-8/h5-6,13H,2-4H2,1H3,(H,10,11,12). The Morgan fingerprint density at radius 3 is 2.81 bits per heavy atom. The summed E-state index contributed by atoms with van der Waals surface area (Å²) in [6, 6.07) is 0. The number of hydrogen-bond acceptors (Lipinski definition) is 5. The molecule has 0 unspecified atom stereocenters. The molecule has 0 aliphatic rings. The lowest BCUT2D eigenvalue weighted by Crippen LogP contribution is -2.24. The number of hydrogen-bond donors (Lipinski definition) is 2. The molecule has 8 heteroatoms. The summed E-state index contributed by atoms with van der Waals surface area (Å²) in [5.74, 6) is 0.703. The minimum Gasteiger partial charge on any atom is -0.369 e. The number of halogens is 1. The van der Waals surface area contributed by atoms with Crippen LogP contribution >= 0.6 is 15.9 Å². The van der Waals surface area contributed by atoms with Crippen molar-refractivity contribution in [2.24, 2.45) is 0 Å². The zero-order chi connectivity index (χ0) is 12.0. The number of nitrogens with one attached hydrogen (secondary N) is 2. The van der Waals surface area contributed by atoms with E-state index in [1.165, 1.54) is 6.33 Å². The van der Waals surface area contributed by atoms with E-state index in [1.807, 2.05) is 0 Å². The highest BCUT2D eigenvalue weighted by Gasteiger charge is 2.01.